The maximum absolute atomic E-state index is 14.5. The van der Waals surface area contributed by atoms with Crippen LogP contribution in [0.2, 0.25) is 0 Å². The standard InChI is InChI=1S/C48H58N8O7/c1-23(2)39(53-47(59)61-7)45(57)55-38(20-35-26(5)41(35)55)44-50-22-36(52-44)31-13-12-29-17-28(9-11-30(29)18-31)10-14-33-21-49-43(51-33)37-19-34-27(6)42(34)56(37)46(58)40(54-48(60)62-8)32-15-24(3)63-25(4)16-32/h9,11-13,17-18,21-27,32,34-35,37-42H,15-16,19-20H2,1-8H3,(H,49,51)(H,50,52)(H,53,59)(H,54,60)/t24-,25+,26?,27-,32?,34?,35?,37+,38+,39?,40?,41?,42?/m1/s1. The molecule has 3 aliphatic heterocycles. The maximum Gasteiger partial charge on any atom is 0.407 e. The van der Waals surface area contributed by atoms with Crippen molar-refractivity contribution in [2.24, 2.45) is 35.5 Å². The summed E-state index contributed by atoms with van der Waals surface area (Å²) in [7, 11) is 2.62. The number of benzene rings is 2. The summed E-state index contributed by atoms with van der Waals surface area (Å²) in [4.78, 5) is 73.5. The summed E-state index contributed by atoms with van der Waals surface area (Å²) in [6.07, 6.45) is 5.21. The van der Waals surface area contributed by atoms with Gasteiger partial charge in [-0.2, -0.15) is 0 Å². The Morgan fingerprint density at radius 1 is 0.746 bits per heavy atom. The SMILES string of the molecule is COC(=O)NC(C(=O)N1C2C(C)C2C[C@H]1c1ncc(-c2ccc3cc(C#Cc4cnc([C@@H]5CC6C([C@@H]6C)N5C(=O)C(NC(=O)OC)C5C[C@@H](C)O[C@@H](C)C5)[nH]4)ccc3c2)[nH]1)C(C)C. The second-order valence-corrected chi connectivity index (χ2v) is 18.9. The van der Waals surface area contributed by atoms with Gasteiger partial charge in [0.1, 0.15) is 29.4 Å². The van der Waals surface area contributed by atoms with Crippen LogP contribution in [-0.4, -0.2) is 104 Å². The number of imidazole rings is 2. The highest BCUT2D eigenvalue weighted by Gasteiger charge is 2.63. The molecule has 9 rings (SSSR count). The highest BCUT2D eigenvalue weighted by molar-refractivity contribution is 5.89. The lowest BCUT2D eigenvalue weighted by molar-refractivity contribution is -0.140. The number of aromatic nitrogens is 4. The third kappa shape index (κ3) is 8.02. The number of fused-ring (bicyclic) bond motifs is 3. The molecule has 5 aliphatic rings. The summed E-state index contributed by atoms with van der Waals surface area (Å²) in [6, 6.07) is 10.7. The van der Waals surface area contributed by atoms with Gasteiger partial charge in [0.05, 0.1) is 56.6 Å². The van der Waals surface area contributed by atoms with Gasteiger partial charge in [-0.15, -0.1) is 0 Å². The molecule has 15 nitrogen and oxygen atoms in total. The average molecular weight is 859 g/mol. The topological polar surface area (TPSA) is 184 Å². The van der Waals surface area contributed by atoms with Gasteiger partial charge in [-0.05, 0) is 110 Å². The number of nitrogens with zero attached hydrogens (tertiary/aromatic N) is 4. The van der Waals surface area contributed by atoms with E-state index in [0.717, 1.165) is 46.3 Å². The molecular formula is C48H58N8O7. The molecule has 2 aromatic carbocycles. The van der Waals surface area contributed by atoms with Crippen LogP contribution in [0.1, 0.15) is 102 Å². The number of methoxy groups -OCH3 is 2. The summed E-state index contributed by atoms with van der Waals surface area (Å²) in [5.74, 6) is 9.12. The molecule has 0 spiro atoms. The first-order valence-corrected chi connectivity index (χ1v) is 22.4. The lowest BCUT2D eigenvalue weighted by Crippen LogP contribution is -2.55. The van der Waals surface area contributed by atoms with Gasteiger partial charge in [0.25, 0.3) is 0 Å². The van der Waals surface area contributed by atoms with Gasteiger partial charge in [-0.25, -0.2) is 19.6 Å². The smallest absolute Gasteiger partial charge is 0.407 e. The highest BCUT2D eigenvalue weighted by atomic mass is 16.5. The zero-order valence-electron chi connectivity index (χ0n) is 37.2. The van der Waals surface area contributed by atoms with Crippen LogP contribution in [0.25, 0.3) is 22.0 Å². The lowest BCUT2D eigenvalue weighted by atomic mass is 9.85. The number of H-pyrrole nitrogens is 2. The quantitative estimate of drug-likeness (QED) is 0.137. The van der Waals surface area contributed by atoms with Crippen molar-refractivity contribution < 1.29 is 33.4 Å². The Labute approximate surface area is 367 Å². The molecule has 332 valence electrons. The first kappa shape index (κ1) is 42.4. The fourth-order valence-corrected chi connectivity index (χ4v) is 11.1. The fourth-order valence-electron chi connectivity index (χ4n) is 11.1. The van der Waals surface area contributed by atoms with Crippen molar-refractivity contribution in [3.8, 4) is 23.1 Å². The summed E-state index contributed by atoms with van der Waals surface area (Å²) < 4.78 is 15.8. The summed E-state index contributed by atoms with van der Waals surface area (Å²) in [6.45, 7) is 12.2. The van der Waals surface area contributed by atoms with Crippen LogP contribution in [0.3, 0.4) is 0 Å². The molecule has 2 saturated carbocycles. The van der Waals surface area contributed by atoms with E-state index in [4.69, 9.17) is 24.2 Å². The summed E-state index contributed by atoms with van der Waals surface area (Å²) in [5.41, 5.74) is 3.33. The second-order valence-electron chi connectivity index (χ2n) is 18.9. The molecule has 13 atom stereocenters. The molecule has 4 amide bonds. The minimum Gasteiger partial charge on any atom is -0.453 e. The zero-order chi connectivity index (χ0) is 44.4. The minimum absolute atomic E-state index is 0.0228. The van der Waals surface area contributed by atoms with Gasteiger partial charge in [-0.1, -0.05) is 51.8 Å². The summed E-state index contributed by atoms with van der Waals surface area (Å²) >= 11 is 0. The van der Waals surface area contributed by atoms with E-state index in [0.29, 0.717) is 48.0 Å². The van der Waals surface area contributed by atoms with Crippen LogP contribution in [0.5, 0.6) is 0 Å². The molecule has 8 unspecified atom stereocenters. The number of alkyl carbamates (subject to hydrolysis) is 2. The number of ether oxygens (including phenoxy) is 3. The third-order valence-electron chi connectivity index (χ3n) is 14.5. The van der Waals surface area contributed by atoms with Crippen molar-refractivity contribution in [2.45, 2.75) is 116 Å². The monoisotopic (exact) mass is 858 g/mol. The van der Waals surface area contributed by atoms with E-state index in [9.17, 15) is 19.2 Å². The Morgan fingerprint density at radius 3 is 1.98 bits per heavy atom. The van der Waals surface area contributed by atoms with Gasteiger partial charge in [-0.3, -0.25) is 9.59 Å². The van der Waals surface area contributed by atoms with E-state index in [-0.39, 0.29) is 60.0 Å². The first-order valence-electron chi connectivity index (χ1n) is 22.4. The Kier molecular flexibility index (Phi) is 11.2. The van der Waals surface area contributed by atoms with Crippen LogP contribution in [0.15, 0.2) is 48.8 Å². The van der Waals surface area contributed by atoms with Gasteiger partial charge in [0.15, 0.2) is 0 Å². The number of nitrogens with one attached hydrogen (secondary N) is 4. The zero-order valence-corrected chi connectivity index (χ0v) is 37.2. The predicted octanol–water partition coefficient (Wildman–Crippen LogP) is 6.48. The summed E-state index contributed by atoms with van der Waals surface area (Å²) in [5, 5.41) is 7.72. The molecule has 63 heavy (non-hydrogen) atoms. The van der Waals surface area contributed by atoms with Crippen molar-refractivity contribution in [2.75, 3.05) is 14.2 Å². The molecule has 5 heterocycles. The number of hydrogen-bond acceptors (Lipinski definition) is 9. The Bertz CT molecular complexity index is 2480. The van der Waals surface area contributed by atoms with Crippen molar-refractivity contribution >= 4 is 34.8 Å². The number of hydrogen-bond donors (Lipinski definition) is 4. The van der Waals surface area contributed by atoms with E-state index in [2.05, 4.69) is 76.6 Å². The minimum atomic E-state index is -0.730. The Morgan fingerprint density at radius 2 is 1.33 bits per heavy atom. The predicted molar refractivity (Wildman–Crippen MR) is 234 cm³/mol. The number of likely N-dealkylation sites (tertiary alicyclic amines) is 2. The second kappa shape index (κ2) is 16.7. The molecule has 0 bridgehead atoms. The number of rotatable bonds is 9. The van der Waals surface area contributed by atoms with Crippen molar-refractivity contribution in [1.82, 2.24) is 40.4 Å². The van der Waals surface area contributed by atoms with Crippen LogP contribution >= 0.6 is 0 Å². The number of amides is 4. The number of piperidine rings is 2. The molecule has 2 aliphatic carbocycles. The Hall–Kier alpha value is -5.88. The molecular weight excluding hydrogens is 801 g/mol. The van der Waals surface area contributed by atoms with Crippen LogP contribution < -0.4 is 10.6 Å². The van der Waals surface area contributed by atoms with E-state index in [1.54, 1.807) is 6.20 Å². The first-order chi connectivity index (χ1) is 30.2. The van der Waals surface area contributed by atoms with E-state index in [1.165, 1.54) is 14.2 Å². The number of carbonyl (C=O) groups excluding carboxylic acids is 4. The molecule has 3 saturated heterocycles. The van der Waals surface area contributed by atoms with Gasteiger partial charge in [0, 0.05) is 23.2 Å². The molecule has 0 radical (unpaired) electrons. The number of aromatic amines is 2. The average Bonchev–Trinajstić information content (AvgIpc) is 3.74. The lowest BCUT2D eigenvalue weighted by Gasteiger charge is -2.39. The van der Waals surface area contributed by atoms with Gasteiger partial charge >= 0.3 is 12.2 Å². The van der Waals surface area contributed by atoms with Gasteiger partial charge in [0.2, 0.25) is 11.8 Å². The Balaban J connectivity index is 0.892. The molecule has 4 N–H and O–H groups in total. The normalized spacial score (nSPS) is 30.1. The van der Waals surface area contributed by atoms with Gasteiger partial charge < -0.3 is 44.6 Å². The highest BCUT2D eigenvalue weighted by Crippen LogP contribution is 2.59. The van der Waals surface area contributed by atoms with E-state index in [1.807, 2.05) is 49.8 Å². The molecule has 2 aromatic heterocycles. The molecule has 15 heteroatoms. The fraction of sp³-hybridized carbons (Fsp3) is 0.542. The van der Waals surface area contributed by atoms with Crippen molar-refractivity contribution in [3.05, 3.63) is 71.7 Å². The van der Waals surface area contributed by atoms with Crippen molar-refractivity contribution in [1.29, 1.82) is 0 Å². The molecule has 5 fully saturated rings. The van der Waals surface area contributed by atoms with Crippen LogP contribution in [0.4, 0.5) is 9.59 Å². The third-order valence-corrected chi connectivity index (χ3v) is 14.5. The van der Waals surface area contributed by atoms with Crippen molar-refractivity contribution in [3.63, 3.8) is 0 Å². The van der Waals surface area contributed by atoms with Crippen LogP contribution in [0, 0.1) is 47.3 Å². The van der Waals surface area contributed by atoms with E-state index < -0.39 is 24.3 Å². The molecule has 4 aromatic rings. The number of carbonyl (C=O) groups is 4. The largest absolute Gasteiger partial charge is 0.453 e. The van der Waals surface area contributed by atoms with E-state index >= 15 is 0 Å². The van der Waals surface area contributed by atoms with Crippen LogP contribution in [-0.2, 0) is 23.8 Å². The maximum atomic E-state index is 14.5.